The normalized spacial score (nSPS) is 12.3. The highest BCUT2D eigenvalue weighted by Gasteiger charge is 2.27. The molecule has 0 atom stereocenters. The molecule has 0 unspecified atom stereocenters. The number of amides is 1. The lowest BCUT2D eigenvalue weighted by atomic mass is 9.84. The molecule has 0 spiro atoms. The number of halogens is 1. The number of hydrogen-bond donors (Lipinski definition) is 2. The van der Waals surface area contributed by atoms with Crippen LogP contribution in [0.15, 0.2) is 28.7 Å². The van der Waals surface area contributed by atoms with E-state index in [4.69, 9.17) is 0 Å². The maximum Gasteiger partial charge on any atom is 0.251 e. The van der Waals surface area contributed by atoms with Crippen LogP contribution in [-0.4, -0.2) is 23.2 Å². The summed E-state index contributed by atoms with van der Waals surface area (Å²) in [5.74, 6) is -0.356. The summed E-state index contributed by atoms with van der Waals surface area (Å²) in [6.45, 7) is 7.55. The number of aliphatic hydroxyl groups is 1. The maximum absolute atomic E-state index is 11.6. The van der Waals surface area contributed by atoms with Crippen molar-refractivity contribution in [2.45, 2.75) is 38.7 Å². The fourth-order valence-electron chi connectivity index (χ4n) is 1.53. The van der Waals surface area contributed by atoms with E-state index >= 15 is 0 Å². The highest BCUT2D eigenvalue weighted by molar-refractivity contribution is 9.10. The van der Waals surface area contributed by atoms with Gasteiger partial charge in [0.2, 0.25) is 0 Å². The van der Waals surface area contributed by atoms with Crippen molar-refractivity contribution in [1.29, 1.82) is 0 Å². The zero-order valence-corrected chi connectivity index (χ0v) is 12.8. The lowest BCUT2D eigenvalue weighted by molar-refractivity contribution is -0.136. The van der Waals surface area contributed by atoms with Gasteiger partial charge in [0.1, 0.15) is 5.60 Å². The minimum atomic E-state index is -1.34. The van der Waals surface area contributed by atoms with E-state index in [1.807, 2.05) is 24.3 Å². The Morgan fingerprint density at radius 3 is 2.44 bits per heavy atom. The molecule has 0 aliphatic rings. The summed E-state index contributed by atoms with van der Waals surface area (Å²) in [5.41, 5.74) is -0.397. The zero-order chi connectivity index (χ0) is 14.0. The molecule has 18 heavy (non-hydrogen) atoms. The van der Waals surface area contributed by atoms with E-state index in [0.29, 0.717) is 6.54 Å². The van der Waals surface area contributed by atoms with Gasteiger partial charge in [0, 0.05) is 16.4 Å². The van der Waals surface area contributed by atoms with Crippen molar-refractivity contribution >= 4 is 21.8 Å². The van der Waals surface area contributed by atoms with Crippen molar-refractivity contribution in [3.05, 3.63) is 34.3 Å². The first-order valence-corrected chi connectivity index (χ1v) is 6.69. The highest BCUT2D eigenvalue weighted by Crippen LogP contribution is 2.25. The minimum absolute atomic E-state index is 0.190. The number of benzene rings is 1. The molecule has 0 fully saturated rings. The molecule has 0 saturated heterocycles. The Morgan fingerprint density at radius 1 is 1.33 bits per heavy atom. The summed E-state index contributed by atoms with van der Waals surface area (Å²) >= 11 is 3.44. The van der Waals surface area contributed by atoms with Crippen molar-refractivity contribution < 1.29 is 9.90 Å². The molecule has 1 aromatic carbocycles. The van der Waals surface area contributed by atoms with E-state index in [-0.39, 0.29) is 11.3 Å². The van der Waals surface area contributed by atoms with E-state index < -0.39 is 5.60 Å². The van der Waals surface area contributed by atoms with Crippen LogP contribution in [0.5, 0.6) is 0 Å². The molecule has 1 rings (SSSR count). The summed E-state index contributed by atoms with van der Waals surface area (Å²) < 4.78 is 1.02. The number of carbonyl (C=O) groups excluding carboxylic acids is 1. The summed E-state index contributed by atoms with van der Waals surface area (Å²) in [6, 6.07) is 8.01. The smallest absolute Gasteiger partial charge is 0.251 e. The summed E-state index contributed by atoms with van der Waals surface area (Å²) in [5, 5.41) is 12.4. The summed E-state index contributed by atoms with van der Waals surface area (Å²) in [6.07, 6.45) is 0. The molecule has 100 valence electrons. The van der Waals surface area contributed by atoms with Gasteiger partial charge in [-0.25, -0.2) is 0 Å². The number of rotatable bonds is 4. The van der Waals surface area contributed by atoms with E-state index in [2.05, 4.69) is 35.1 Å². The number of carbonyl (C=O) groups is 1. The van der Waals surface area contributed by atoms with Gasteiger partial charge < -0.3 is 10.4 Å². The molecular formula is C14H20BrNO2. The fourth-order valence-corrected chi connectivity index (χ4v) is 1.93. The Bertz CT molecular complexity index is 436. The van der Waals surface area contributed by atoms with Crippen LogP contribution in [0.2, 0.25) is 0 Å². The van der Waals surface area contributed by atoms with Crippen LogP contribution < -0.4 is 5.32 Å². The monoisotopic (exact) mass is 313 g/mol. The predicted molar refractivity (Wildman–Crippen MR) is 76.5 cm³/mol. The molecule has 3 nitrogen and oxygen atoms in total. The lowest BCUT2D eigenvalue weighted by Gasteiger charge is -2.27. The van der Waals surface area contributed by atoms with Crippen LogP contribution >= 0.6 is 15.9 Å². The largest absolute Gasteiger partial charge is 0.381 e. The molecule has 0 aliphatic carbocycles. The van der Waals surface area contributed by atoms with Gasteiger partial charge in [0.25, 0.3) is 5.91 Å². The predicted octanol–water partition coefficient (Wildman–Crippen LogP) is 2.61. The van der Waals surface area contributed by atoms with Gasteiger partial charge in [-0.1, -0.05) is 41.9 Å². The summed E-state index contributed by atoms with van der Waals surface area (Å²) in [4.78, 5) is 11.6. The molecule has 0 radical (unpaired) electrons. The van der Waals surface area contributed by atoms with Crippen molar-refractivity contribution in [2.75, 3.05) is 6.54 Å². The zero-order valence-electron chi connectivity index (χ0n) is 11.2. The Balaban J connectivity index is 2.74. The Kier molecular flexibility index (Phi) is 4.56. The van der Waals surface area contributed by atoms with Gasteiger partial charge in [-0.05, 0) is 31.5 Å². The second-order valence-corrected chi connectivity index (χ2v) is 6.55. The highest BCUT2D eigenvalue weighted by atomic mass is 79.9. The fraction of sp³-hybridized carbons (Fsp3) is 0.500. The van der Waals surface area contributed by atoms with Gasteiger partial charge >= 0.3 is 0 Å². The van der Waals surface area contributed by atoms with Crippen LogP contribution in [-0.2, 0) is 10.2 Å². The molecule has 0 aromatic heterocycles. The first-order valence-electron chi connectivity index (χ1n) is 5.90. The summed E-state index contributed by atoms with van der Waals surface area (Å²) in [7, 11) is 0. The van der Waals surface area contributed by atoms with Gasteiger partial charge in [-0.15, -0.1) is 0 Å². The average molecular weight is 314 g/mol. The first kappa shape index (κ1) is 15.2. The Hall–Kier alpha value is -0.870. The van der Waals surface area contributed by atoms with E-state index in [0.717, 1.165) is 10.0 Å². The molecule has 0 heterocycles. The third-order valence-electron chi connectivity index (χ3n) is 2.85. The van der Waals surface area contributed by atoms with Gasteiger partial charge in [0.05, 0.1) is 0 Å². The molecule has 0 saturated carbocycles. The maximum atomic E-state index is 11.6. The van der Waals surface area contributed by atoms with Gasteiger partial charge in [0.15, 0.2) is 0 Å². The van der Waals surface area contributed by atoms with Crippen molar-refractivity contribution in [3.63, 3.8) is 0 Å². The Labute approximate surface area is 117 Å². The van der Waals surface area contributed by atoms with E-state index in [9.17, 15) is 9.90 Å². The van der Waals surface area contributed by atoms with Crippen LogP contribution in [0.25, 0.3) is 0 Å². The second kappa shape index (κ2) is 5.41. The van der Waals surface area contributed by atoms with E-state index in [1.54, 1.807) is 0 Å². The van der Waals surface area contributed by atoms with Gasteiger partial charge in [-0.3, -0.25) is 4.79 Å². The van der Waals surface area contributed by atoms with Crippen molar-refractivity contribution in [3.8, 4) is 0 Å². The topological polar surface area (TPSA) is 49.3 Å². The van der Waals surface area contributed by atoms with Crippen molar-refractivity contribution in [2.24, 2.45) is 0 Å². The van der Waals surface area contributed by atoms with Crippen molar-refractivity contribution in [1.82, 2.24) is 5.32 Å². The van der Waals surface area contributed by atoms with Crippen LogP contribution in [0.4, 0.5) is 0 Å². The third kappa shape index (κ3) is 4.10. The first-order chi connectivity index (χ1) is 8.13. The quantitative estimate of drug-likeness (QED) is 0.897. The van der Waals surface area contributed by atoms with Crippen LogP contribution in [0, 0.1) is 0 Å². The third-order valence-corrected chi connectivity index (χ3v) is 3.35. The lowest BCUT2D eigenvalue weighted by Crippen LogP contribution is -2.46. The molecule has 0 aliphatic heterocycles. The molecule has 1 aromatic rings. The van der Waals surface area contributed by atoms with Crippen LogP contribution in [0.1, 0.15) is 33.3 Å². The molecule has 0 bridgehead atoms. The average Bonchev–Trinajstić information content (AvgIpc) is 2.24. The number of hydrogen-bond acceptors (Lipinski definition) is 2. The SMILES string of the molecule is CC(C)(O)C(=O)NCC(C)(C)c1cccc(Br)c1. The second-order valence-electron chi connectivity index (χ2n) is 5.64. The standard InChI is InChI=1S/C14H20BrNO2/c1-13(2,9-16-12(17)14(3,4)18)10-6-5-7-11(15)8-10/h5-8,18H,9H2,1-4H3,(H,16,17). The van der Waals surface area contributed by atoms with Gasteiger partial charge in [-0.2, -0.15) is 0 Å². The Morgan fingerprint density at radius 2 is 1.94 bits per heavy atom. The number of nitrogens with one attached hydrogen (secondary N) is 1. The minimum Gasteiger partial charge on any atom is -0.381 e. The molecular weight excluding hydrogens is 294 g/mol. The molecule has 1 amide bonds. The molecule has 2 N–H and O–H groups in total. The van der Waals surface area contributed by atoms with E-state index in [1.165, 1.54) is 13.8 Å². The molecule has 4 heteroatoms. The van der Waals surface area contributed by atoms with Crippen LogP contribution in [0.3, 0.4) is 0 Å².